The van der Waals surface area contributed by atoms with Crippen LogP contribution >= 0.6 is 0 Å². The molecule has 1 aromatic carbocycles. The molecule has 1 aliphatic rings. The molecule has 0 saturated carbocycles. The van der Waals surface area contributed by atoms with Gasteiger partial charge in [-0.1, -0.05) is 19.1 Å². The molecule has 2 heterocycles. The van der Waals surface area contributed by atoms with E-state index >= 15 is 0 Å². The van der Waals surface area contributed by atoms with Crippen molar-refractivity contribution in [1.82, 2.24) is 14.7 Å². The van der Waals surface area contributed by atoms with E-state index in [0.29, 0.717) is 12.1 Å². The fourth-order valence-electron chi connectivity index (χ4n) is 3.50. The molecule has 0 fully saturated rings. The van der Waals surface area contributed by atoms with E-state index in [1.807, 2.05) is 31.9 Å². The molecule has 1 atom stereocenters. The zero-order valence-electron chi connectivity index (χ0n) is 17.1. The summed E-state index contributed by atoms with van der Waals surface area (Å²) in [5.74, 6) is -0.176. The average molecular weight is 394 g/mol. The van der Waals surface area contributed by atoms with Crippen molar-refractivity contribution in [2.24, 2.45) is 7.05 Å². The minimum Gasteiger partial charge on any atom is -0.478 e. The summed E-state index contributed by atoms with van der Waals surface area (Å²) in [5, 5.41) is 16.6. The molecule has 2 aromatic rings. The molecule has 29 heavy (non-hydrogen) atoms. The number of carboxylic acids is 1. The van der Waals surface area contributed by atoms with Gasteiger partial charge in [0.15, 0.2) is 0 Å². The quantitative estimate of drug-likeness (QED) is 0.774. The molecule has 2 N–H and O–H groups in total. The van der Waals surface area contributed by atoms with Gasteiger partial charge >= 0.3 is 5.97 Å². The fourth-order valence-corrected chi connectivity index (χ4v) is 3.50. The van der Waals surface area contributed by atoms with Crippen LogP contribution in [0, 0.1) is 6.92 Å². The van der Waals surface area contributed by atoms with Crippen molar-refractivity contribution in [3.8, 4) is 0 Å². The molecule has 1 amide bonds. The Labute approximate surface area is 170 Å². The molecule has 0 saturated heterocycles. The maximum absolute atomic E-state index is 13.4. The molecule has 7 nitrogen and oxygen atoms in total. The molecule has 1 aromatic heterocycles. The maximum Gasteiger partial charge on any atom is 0.328 e. The van der Waals surface area contributed by atoms with Crippen molar-refractivity contribution in [3.63, 3.8) is 0 Å². The van der Waals surface area contributed by atoms with Gasteiger partial charge in [0, 0.05) is 29.9 Å². The first-order valence-corrected chi connectivity index (χ1v) is 9.62. The lowest BCUT2D eigenvalue weighted by molar-refractivity contribution is -0.131. The van der Waals surface area contributed by atoms with Crippen molar-refractivity contribution in [2.45, 2.75) is 39.8 Å². The zero-order valence-corrected chi connectivity index (χ0v) is 17.1. The van der Waals surface area contributed by atoms with Gasteiger partial charge in [0.1, 0.15) is 5.82 Å². The number of aliphatic carboxylic acids is 1. The summed E-state index contributed by atoms with van der Waals surface area (Å²) in [6.07, 6.45) is 7.37. The van der Waals surface area contributed by atoms with E-state index in [1.54, 1.807) is 23.0 Å². The smallest absolute Gasteiger partial charge is 0.328 e. The van der Waals surface area contributed by atoms with Crippen LogP contribution in [0.25, 0.3) is 6.08 Å². The monoisotopic (exact) mass is 394 g/mol. The third-order valence-electron chi connectivity index (χ3n) is 5.14. The Balaban J connectivity index is 1.95. The molecule has 1 aliphatic heterocycles. The van der Waals surface area contributed by atoms with E-state index in [1.165, 1.54) is 6.08 Å². The number of carbonyl (C=O) groups excluding carboxylic acids is 1. The van der Waals surface area contributed by atoms with Crippen molar-refractivity contribution in [3.05, 3.63) is 64.5 Å². The van der Waals surface area contributed by atoms with E-state index in [2.05, 4.69) is 23.4 Å². The van der Waals surface area contributed by atoms with Crippen molar-refractivity contribution >= 4 is 23.8 Å². The van der Waals surface area contributed by atoms with Gasteiger partial charge in [-0.05, 0) is 49.6 Å². The molecule has 1 unspecified atom stereocenters. The van der Waals surface area contributed by atoms with Gasteiger partial charge in [0.05, 0.1) is 18.8 Å². The number of amides is 1. The molecular weight excluding hydrogens is 368 g/mol. The third-order valence-corrected chi connectivity index (χ3v) is 5.14. The van der Waals surface area contributed by atoms with E-state index in [0.717, 1.165) is 40.7 Å². The average Bonchev–Trinajstić information content (AvgIpc) is 2.95. The maximum atomic E-state index is 13.4. The third kappa shape index (κ3) is 4.23. The highest BCUT2D eigenvalue weighted by molar-refractivity contribution is 5.95. The van der Waals surface area contributed by atoms with Crippen molar-refractivity contribution < 1.29 is 14.7 Å². The number of nitrogens with one attached hydrogen (secondary N) is 1. The number of nitrogens with zero attached hydrogens (tertiary/aromatic N) is 3. The number of rotatable bonds is 4. The Morgan fingerprint density at radius 3 is 2.79 bits per heavy atom. The largest absolute Gasteiger partial charge is 0.478 e. The molecular formula is C22H26N4O3. The second kappa shape index (κ2) is 8.34. The summed E-state index contributed by atoms with van der Waals surface area (Å²) < 4.78 is 1.78. The van der Waals surface area contributed by atoms with Crippen LogP contribution in [0.3, 0.4) is 0 Å². The molecule has 3 rings (SSSR count). The van der Waals surface area contributed by atoms with E-state index in [9.17, 15) is 9.59 Å². The SMILES string of the molecule is CC/C=C1/Nc2c(cnn2C)CN(C(=O)c2ccc(/C=C/C(=O)O)c(C)c2)C1C. The summed E-state index contributed by atoms with van der Waals surface area (Å²) in [5.41, 5.74) is 4.13. The van der Waals surface area contributed by atoms with Crippen molar-refractivity contribution in [1.29, 1.82) is 0 Å². The topological polar surface area (TPSA) is 87.5 Å². The molecule has 152 valence electrons. The highest BCUT2D eigenvalue weighted by Crippen LogP contribution is 2.28. The summed E-state index contributed by atoms with van der Waals surface area (Å²) in [6.45, 7) is 6.40. The number of hydrogen-bond acceptors (Lipinski definition) is 4. The number of carbonyl (C=O) groups is 2. The van der Waals surface area contributed by atoms with Gasteiger partial charge in [-0.25, -0.2) is 4.79 Å². The van der Waals surface area contributed by atoms with Gasteiger partial charge in [0.2, 0.25) is 0 Å². The van der Waals surface area contributed by atoms with Gasteiger partial charge in [-0.15, -0.1) is 0 Å². The van der Waals surface area contributed by atoms with Gasteiger partial charge in [0.25, 0.3) is 5.91 Å². The summed E-state index contributed by atoms with van der Waals surface area (Å²) in [4.78, 5) is 26.0. The van der Waals surface area contributed by atoms with Crippen LogP contribution in [0.15, 0.2) is 42.2 Å². The number of benzene rings is 1. The normalized spacial score (nSPS) is 17.9. The first-order valence-electron chi connectivity index (χ1n) is 9.62. The van der Waals surface area contributed by atoms with E-state index < -0.39 is 5.97 Å². The minimum atomic E-state index is -1.00. The van der Waals surface area contributed by atoms with Crippen LogP contribution in [0.2, 0.25) is 0 Å². The first-order chi connectivity index (χ1) is 13.8. The van der Waals surface area contributed by atoms with Gasteiger partial charge < -0.3 is 15.3 Å². The standard InChI is InChI=1S/C22H26N4O3/c1-5-6-19-15(3)26(13-18-12-23-25(4)21(18)24-19)22(29)17-8-7-16(14(2)11-17)9-10-20(27)28/h6-12,15,24H,5,13H2,1-4H3,(H,27,28)/b10-9+,19-6+. The second-order valence-electron chi connectivity index (χ2n) is 7.19. The predicted molar refractivity (Wildman–Crippen MR) is 112 cm³/mol. The predicted octanol–water partition coefficient (Wildman–Crippen LogP) is 3.58. The molecule has 7 heteroatoms. The van der Waals surface area contributed by atoms with E-state index in [-0.39, 0.29) is 11.9 Å². The van der Waals surface area contributed by atoms with Crippen LogP contribution in [-0.2, 0) is 18.4 Å². The zero-order chi connectivity index (χ0) is 21.1. The van der Waals surface area contributed by atoms with Crippen LogP contribution in [0.5, 0.6) is 0 Å². The number of carboxylic acid groups (broad SMARTS) is 1. The number of hydrogen-bond donors (Lipinski definition) is 2. The summed E-state index contributed by atoms with van der Waals surface area (Å²) in [7, 11) is 1.88. The van der Waals surface area contributed by atoms with Gasteiger partial charge in [-0.3, -0.25) is 9.48 Å². The minimum absolute atomic E-state index is 0.0742. The molecule has 0 aliphatic carbocycles. The van der Waals surface area contributed by atoms with Crippen molar-refractivity contribution in [2.75, 3.05) is 5.32 Å². The van der Waals surface area contributed by atoms with Crippen LogP contribution < -0.4 is 5.32 Å². The summed E-state index contributed by atoms with van der Waals surface area (Å²) >= 11 is 0. The molecule has 0 bridgehead atoms. The number of fused-ring (bicyclic) bond motifs is 1. The van der Waals surface area contributed by atoms with E-state index in [4.69, 9.17) is 5.11 Å². The highest BCUT2D eigenvalue weighted by atomic mass is 16.4. The van der Waals surface area contributed by atoms with Crippen LogP contribution in [-0.4, -0.2) is 37.7 Å². The number of aryl methyl sites for hydroxylation is 2. The number of aromatic nitrogens is 2. The first kappa shape index (κ1) is 20.4. The Hall–Kier alpha value is -3.35. The molecule has 0 radical (unpaired) electrons. The number of allylic oxidation sites excluding steroid dienone is 1. The lowest BCUT2D eigenvalue weighted by Crippen LogP contribution is -2.39. The Morgan fingerprint density at radius 1 is 1.38 bits per heavy atom. The van der Waals surface area contributed by atoms with Crippen LogP contribution in [0.1, 0.15) is 47.3 Å². The van der Waals surface area contributed by atoms with Gasteiger partial charge in [-0.2, -0.15) is 5.10 Å². The summed E-state index contributed by atoms with van der Waals surface area (Å²) in [6, 6.07) is 5.21. The lowest BCUT2D eigenvalue weighted by Gasteiger charge is -2.29. The number of anilines is 1. The second-order valence-corrected chi connectivity index (χ2v) is 7.19. The Kier molecular flexibility index (Phi) is 5.87. The lowest BCUT2D eigenvalue weighted by atomic mass is 10.0. The highest BCUT2D eigenvalue weighted by Gasteiger charge is 2.30. The van der Waals surface area contributed by atoms with Crippen LogP contribution in [0.4, 0.5) is 5.82 Å². The molecule has 0 spiro atoms. The Bertz CT molecular complexity index is 1000. The fraction of sp³-hybridized carbons (Fsp3) is 0.318. The Morgan fingerprint density at radius 2 is 2.14 bits per heavy atom.